The van der Waals surface area contributed by atoms with E-state index in [4.69, 9.17) is 0 Å². The minimum Gasteiger partial charge on any atom is -0.335 e. The lowest BCUT2D eigenvalue weighted by Gasteiger charge is -2.06. The Morgan fingerprint density at radius 2 is 2.38 bits per heavy atom. The molecule has 0 radical (unpaired) electrons. The molecule has 0 amide bonds. The Morgan fingerprint density at radius 1 is 1.62 bits per heavy atom. The molecule has 0 N–H and O–H groups in total. The minimum absolute atomic E-state index is 1.02. The average molecular weight is 178 g/mol. The van der Waals surface area contributed by atoms with Crippen LogP contribution in [-0.2, 0) is 13.0 Å². The van der Waals surface area contributed by atoms with Crippen LogP contribution >= 0.6 is 0 Å². The molecule has 0 saturated heterocycles. The summed E-state index contributed by atoms with van der Waals surface area (Å²) in [6.45, 7) is 9.16. The highest BCUT2D eigenvalue weighted by Gasteiger charge is 2.00. The Bertz CT molecular complexity index is 273. The third-order valence-electron chi connectivity index (χ3n) is 2.05. The fourth-order valence-corrected chi connectivity index (χ4v) is 1.31. The molecule has 0 atom stereocenters. The van der Waals surface area contributed by atoms with Crippen molar-refractivity contribution in [2.24, 2.45) is 0 Å². The zero-order chi connectivity index (χ0) is 9.68. The number of allylic oxidation sites excluding steroid dienone is 1. The van der Waals surface area contributed by atoms with Gasteiger partial charge < -0.3 is 4.57 Å². The van der Waals surface area contributed by atoms with E-state index < -0.39 is 0 Å². The van der Waals surface area contributed by atoms with Gasteiger partial charge in [-0.25, -0.2) is 4.98 Å². The van der Waals surface area contributed by atoms with Crippen LogP contribution in [0.15, 0.2) is 24.5 Å². The second-order valence-corrected chi connectivity index (χ2v) is 3.49. The van der Waals surface area contributed by atoms with Crippen molar-refractivity contribution >= 4 is 0 Å². The van der Waals surface area contributed by atoms with Crippen LogP contribution < -0.4 is 0 Å². The highest BCUT2D eigenvalue weighted by Crippen LogP contribution is 2.05. The molecular weight excluding hydrogens is 160 g/mol. The van der Waals surface area contributed by atoms with Gasteiger partial charge in [-0.3, -0.25) is 0 Å². The number of hydrogen-bond acceptors (Lipinski definition) is 1. The maximum absolute atomic E-state index is 4.32. The smallest absolute Gasteiger partial charge is 0.108 e. The van der Waals surface area contributed by atoms with Gasteiger partial charge in [-0.15, -0.1) is 6.58 Å². The lowest BCUT2D eigenvalue weighted by Crippen LogP contribution is -2.03. The molecule has 13 heavy (non-hydrogen) atoms. The van der Waals surface area contributed by atoms with Crippen molar-refractivity contribution in [3.63, 3.8) is 0 Å². The van der Waals surface area contributed by atoms with Gasteiger partial charge in [0.2, 0.25) is 0 Å². The molecule has 0 aliphatic rings. The van der Waals surface area contributed by atoms with Gasteiger partial charge in [0.05, 0.1) is 0 Å². The molecule has 0 aliphatic carbocycles. The summed E-state index contributed by atoms with van der Waals surface area (Å²) in [5, 5.41) is 0. The van der Waals surface area contributed by atoms with Gasteiger partial charge in [0.15, 0.2) is 0 Å². The van der Waals surface area contributed by atoms with Crippen LogP contribution in [0, 0.1) is 0 Å². The summed E-state index contributed by atoms with van der Waals surface area (Å²) < 4.78 is 2.22. The number of imidazole rings is 1. The first-order chi connectivity index (χ1) is 6.24. The first-order valence-electron chi connectivity index (χ1n) is 4.88. The van der Waals surface area contributed by atoms with E-state index in [1.165, 1.54) is 11.4 Å². The Balaban J connectivity index is 2.54. The van der Waals surface area contributed by atoms with Crippen molar-refractivity contribution in [3.05, 3.63) is 30.4 Å². The maximum atomic E-state index is 4.32. The van der Waals surface area contributed by atoms with E-state index in [1.54, 1.807) is 0 Å². The molecule has 1 aromatic heterocycles. The van der Waals surface area contributed by atoms with E-state index in [9.17, 15) is 0 Å². The van der Waals surface area contributed by atoms with Crippen LogP contribution in [0.4, 0.5) is 0 Å². The van der Waals surface area contributed by atoms with Crippen molar-refractivity contribution in [2.75, 3.05) is 0 Å². The first-order valence-corrected chi connectivity index (χ1v) is 4.88. The standard InChI is InChI=1S/C11H18N2/c1-4-5-11-12-7-9-13(11)8-6-10(2)3/h7,9H,2,4-6,8H2,1,3H3. The molecule has 0 unspecified atom stereocenters. The number of aromatic nitrogens is 2. The zero-order valence-corrected chi connectivity index (χ0v) is 8.58. The van der Waals surface area contributed by atoms with Crippen molar-refractivity contribution in [2.45, 2.75) is 39.7 Å². The third-order valence-corrected chi connectivity index (χ3v) is 2.05. The molecule has 0 aliphatic heterocycles. The van der Waals surface area contributed by atoms with Crippen LogP contribution in [0.1, 0.15) is 32.5 Å². The Morgan fingerprint density at radius 3 is 3.00 bits per heavy atom. The molecule has 0 saturated carbocycles. The van der Waals surface area contributed by atoms with Crippen LogP contribution in [0.5, 0.6) is 0 Å². The molecule has 0 spiro atoms. The summed E-state index contributed by atoms with van der Waals surface area (Å²) >= 11 is 0. The molecule has 0 fully saturated rings. The van der Waals surface area contributed by atoms with Crippen LogP contribution in [-0.4, -0.2) is 9.55 Å². The largest absolute Gasteiger partial charge is 0.335 e. The minimum atomic E-state index is 1.02. The zero-order valence-electron chi connectivity index (χ0n) is 8.58. The molecule has 72 valence electrons. The Labute approximate surface area is 80.3 Å². The number of aryl methyl sites for hydroxylation is 2. The molecular formula is C11H18N2. The predicted octanol–water partition coefficient (Wildman–Crippen LogP) is 2.80. The predicted molar refractivity (Wildman–Crippen MR) is 55.7 cm³/mol. The lowest BCUT2D eigenvalue weighted by atomic mass is 10.2. The summed E-state index contributed by atoms with van der Waals surface area (Å²) in [6.07, 6.45) is 7.21. The highest BCUT2D eigenvalue weighted by molar-refractivity contribution is 4.95. The lowest BCUT2D eigenvalue weighted by molar-refractivity contribution is 0.640. The first kappa shape index (κ1) is 10.0. The second kappa shape index (κ2) is 4.85. The van der Waals surface area contributed by atoms with Gasteiger partial charge in [0.25, 0.3) is 0 Å². The Kier molecular flexibility index (Phi) is 3.74. The van der Waals surface area contributed by atoms with E-state index in [0.29, 0.717) is 0 Å². The number of nitrogens with zero attached hydrogens (tertiary/aromatic N) is 2. The Hall–Kier alpha value is -1.05. The molecule has 1 heterocycles. The molecule has 2 nitrogen and oxygen atoms in total. The average Bonchev–Trinajstić information content (AvgIpc) is 2.49. The van der Waals surface area contributed by atoms with Crippen molar-refractivity contribution < 1.29 is 0 Å². The van der Waals surface area contributed by atoms with Gasteiger partial charge in [-0.2, -0.15) is 0 Å². The third kappa shape index (κ3) is 3.05. The van der Waals surface area contributed by atoms with Gasteiger partial charge in [0.1, 0.15) is 5.82 Å². The summed E-state index contributed by atoms with van der Waals surface area (Å²) in [7, 11) is 0. The van der Waals surface area contributed by atoms with Gasteiger partial charge in [-0.05, 0) is 19.8 Å². The van der Waals surface area contributed by atoms with Crippen molar-refractivity contribution in [1.29, 1.82) is 0 Å². The van der Waals surface area contributed by atoms with Crippen LogP contribution in [0.2, 0.25) is 0 Å². The van der Waals surface area contributed by atoms with E-state index in [-0.39, 0.29) is 0 Å². The van der Waals surface area contributed by atoms with Crippen LogP contribution in [0.3, 0.4) is 0 Å². The topological polar surface area (TPSA) is 17.8 Å². The van der Waals surface area contributed by atoms with Crippen LogP contribution in [0.25, 0.3) is 0 Å². The normalized spacial score (nSPS) is 10.3. The van der Waals surface area contributed by atoms with E-state index in [0.717, 1.165) is 25.8 Å². The fraction of sp³-hybridized carbons (Fsp3) is 0.545. The number of rotatable bonds is 5. The van der Waals surface area contributed by atoms with E-state index in [2.05, 4.69) is 30.0 Å². The SMILES string of the molecule is C=C(C)CCn1ccnc1CCC. The van der Waals surface area contributed by atoms with Gasteiger partial charge in [-0.1, -0.05) is 12.5 Å². The fourth-order valence-electron chi connectivity index (χ4n) is 1.31. The summed E-state index contributed by atoms with van der Waals surface area (Å²) in [5.41, 5.74) is 1.23. The van der Waals surface area contributed by atoms with Gasteiger partial charge in [0, 0.05) is 25.4 Å². The summed E-state index contributed by atoms with van der Waals surface area (Å²) in [4.78, 5) is 4.32. The molecule has 0 bridgehead atoms. The van der Waals surface area contributed by atoms with E-state index in [1.807, 2.05) is 12.4 Å². The monoisotopic (exact) mass is 178 g/mol. The van der Waals surface area contributed by atoms with E-state index >= 15 is 0 Å². The molecule has 1 rings (SSSR count). The molecule has 0 aromatic carbocycles. The molecule has 1 aromatic rings. The number of hydrogen-bond donors (Lipinski definition) is 0. The highest BCUT2D eigenvalue weighted by atomic mass is 15.1. The van der Waals surface area contributed by atoms with Crippen molar-refractivity contribution in [1.82, 2.24) is 9.55 Å². The quantitative estimate of drug-likeness (QED) is 0.634. The maximum Gasteiger partial charge on any atom is 0.108 e. The summed E-state index contributed by atoms with van der Waals surface area (Å²) in [6, 6.07) is 0. The van der Waals surface area contributed by atoms with Crippen molar-refractivity contribution in [3.8, 4) is 0 Å². The molecule has 2 heteroatoms. The summed E-state index contributed by atoms with van der Waals surface area (Å²) in [5.74, 6) is 1.20. The second-order valence-electron chi connectivity index (χ2n) is 3.49. The van der Waals surface area contributed by atoms with Gasteiger partial charge >= 0.3 is 0 Å².